The topological polar surface area (TPSA) is 68.3 Å². The highest BCUT2D eigenvalue weighted by atomic mass is 35.5. The summed E-state index contributed by atoms with van der Waals surface area (Å²) in [6.45, 7) is 0.0718. The number of carbonyl (C=O) groups excluding carboxylic acids is 2. The van der Waals surface area contributed by atoms with Crippen LogP contribution in [0, 0.1) is 5.82 Å². The Balaban J connectivity index is 1.80. The van der Waals surface area contributed by atoms with Gasteiger partial charge < -0.3 is 10.1 Å². The van der Waals surface area contributed by atoms with Crippen LogP contribution in [-0.4, -0.2) is 30.0 Å². The molecule has 0 bridgehead atoms. The van der Waals surface area contributed by atoms with Crippen molar-refractivity contribution in [1.82, 2.24) is 10.3 Å². The van der Waals surface area contributed by atoms with E-state index in [1.54, 1.807) is 12.1 Å². The van der Waals surface area contributed by atoms with Crippen molar-refractivity contribution in [2.75, 3.05) is 13.2 Å². The van der Waals surface area contributed by atoms with E-state index >= 15 is 0 Å². The van der Waals surface area contributed by atoms with Gasteiger partial charge in [0.25, 0.3) is 5.91 Å². The van der Waals surface area contributed by atoms with Crippen LogP contribution in [0.5, 0.6) is 0 Å². The number of halogens is 2. The lowest BCUT2D eigenvalue weighted by Crippen LogP contribution is -2.28. The Morgan fingerprint density at radius 3 is 2.68 bits per heavy atom. The number of benzene rings is 1. The summed E-state index contributed by atoms with van der Waals surface area (Å²) in [7, 11) is 0. The SMILES string of the molecule is O=C(NCCOC(=O)c1cccc(F)c1Cl)c1ccncc1. The largest absolute Gasteiger partial charge is 0.460 e. The summed E-state index contributed by atoms with van der Waals surface area (Å²) in [5, 5.41) is 2.30. The molecule has 1 amide bonds. The Hall–Kier alpha value is -2.47. The number of pyridine rings is 1. The number of rotatable bonds is 5. The van der Waals surface area contributed by atoms with Crippen LogP contribution < -0.4 is 5.32 Å². The van der Waals surface area contributed by atoms with Gasteiger partial charge in [-0.3, -0.25) is 9.78 Å². The molecule has 1 aromatic carbocycles. The van der Waals surface area contributed by atoms with Crippen molar-refractivity contribution >= 4 is 23.5 Å². The zero-order valence-corrected chi connectivity index (χ0v) is 12.1. The molecule has 114 valence electrons. The normalized spacial score (nSPS) is 10.1. The van der Waals surface area contributed by atoms with E-state index in [9.17, 15) is 14.0 Å². The first-order valence-corrected chi connectivity index (χ1v) is 6.76. The Morgan fingerprint density at radius 1 is 1.23 bits per heavy atom. The quantitative estimate of drug-likeness (QED) is 0.678. The summed E-state index contributed by atoms with van der Waals surface area (Å²) < 4.78 is 18.2. The molecular weight excluding hydrogens is 311 g/mol. The highest BCUT2D eigenvalue weighted by Crippen LogP contribution is 2.20. The number of hydrogen-bond donors (Lipinski definition) is 1. The number of esters is 1. The van der Waals surface area contributed by atoms with Crippen LogP contribution in [0.25, 0.3) is 0 Å². The Kier molecular flexibility index (Phi) is 5.43. The number of amides is 1. The highest BCUT2D eigenvalue weighted by Gasteiger charge is 2.14. The zero-order valence-electron chi connectivity index (χ0n) is 11.4. The molecule has 0 saturated heterocycles. The minimum atomic E-state index is -0.748. The van der Waals surface area contributed by atoms with Gasteiger partial charge in [0.1, 0.15) is 12.4 Å². The smallest absolute Gasteiger partial charge is 0.339 e. The number of nitrogens with one attached hydrogen (secondary N) is 1. The lowest BCUT2D eigenvalue weighted by atomic mass is 10.2. The predicted octanol–water partition coefficient (Wildman–Crippen LogP) is 2.46. The van der Waals surface area contributed by atoms with E-state index in [0.29, 0.717) is 5.56 Å². The van der Waals surface area contributed by atoms with Crippen molar-refractivity contribution in [2.45, 2.75) is 0 Å². The molecule has 5 nitrogen and oxygen atoms in total. The van der Waals surface area contributed by atoms with Crippen LogP contribution in [0.3, 0.4) is 0 Å². The zero-order chi connectivity index (χ0) is 15.9. The maximum absolute atomic E-state index is 13.2. The molecule has 1 N–H and O–H groups in total. The number of nitrogens with zero attached hydrogens (tertiary/aromatic N) is 1. The summed E-state index contributed by atoms with van der Waals surface area (Å²) in [5.41, 5.74) is 0.400. The first-order valence-electron chi connectivity index (χ1n) is 6.39. The average Bonchev–Trinajstić information content (AvgIpc) is 2.54. The van der Waals surface area contributed by atoms with E-state index in [1.165, 1.54) is 24.5 Å². The minimum Gasteiger partial charge on any atom is -0.460 e. The molecule has 2 aromatic rings. The number of ether oxygens (including phenoxy) is 1. The lowest BCUT2D eigenvalue weighted by Gasteiger charge is -2.08. The van der Waals surface area contributed by atoms with Gasteiger partial charge in [-0.05, 0) is 24.3 Å². The van der Waals surface area contributed by atoms with Crippen molar-refractivity contribution in [2.24, 2.45) is 0 Å². The number of carbonyl (C=O) groups is 2. The van der Waals surface area contributed by atoms with E-state index in [-0.39, 0.29) is 29.6 Å². The molecule has 22 heavy (non-hydrogen) atoms. The van der Waals surface area contributed by atoms with Crippen molar-refractivity contribution in [3.05, 3.63) is 64.7 Å². The van der Waals surface area contributed by atoms with E-state index < -0.39 is 11.8 Å². The monoisotopic (exact) mass is 322 g/mol. The van der Waals surface area contributed by atoms with E-state index in [1.807, 2.05) is 0 Å². The van der Waals surface area contributed by atoms with Gasteiger partial charge in [-0.2, -0.15) is 0 Å². The van der Waals surface area contributed by atoms with E-state index in [0.717, 1.165) is 6.07 Å². The maximum atomic E-state index is 13.2. The summed E-state index contributed by atoms with van der Waals surface area (Å²) in [4.78, 5) is 27.2. The van der Waals surface area contributed by atoms with Crippen molar-refractivity contribution in [3.8, 4) is 0 Å². The van der Waals surface area contributed by atoms with Crippen LogP contribution in [0.4, 0.5) is 4.39 Å². The molecule has 2 rings (SSSR count). The van der Waals surface area contributed by atoms with Gasteiger partial charge in [-0.25, -0.2) is 9.18 Å². The molecule has 0 aliphatic carbocycles. The van der Waals surface area contributed by atoms with Crippen molar-refractivity contribution < 1.29 is 18.7 Å². The molecular formula is C15H12ClFN2O3. The van der Waals surface area contributed by atoms with Gasteiger partial charge in [-0.15, -0.1) is 0 Å². The van der Waals surface area contributed by atoms with Gasteiger partial charge >= 0.3 is 5.97 Å². The van der Waals surface area contributed by atoms with Gasteiger partial charge in [0.05, 0.1) is 17.1 Å². The third-order valence-electron chi connectivity index (χ3n) is 2.73. The molecule has 0 atom stereocenters. The summed E-state index contributed by atoms with van der Waals surface area (Å²) in [6.07, 6.45) is 3.00. The van der Waals surface area contributed by atoms with Crippen LogP contribution in [0.15, 0.2) is 42.7 Å². The van der Waals surface area contributed by atoms with Crippen LogP contribution >= 0.6 is 11.6 Å². The molecule has 1 aromatic heterocycles. The summed E-state index contributed by atoms with van der Waals surface area (Å²) in [5.74, 6) is -1.74. The molecule has 1 heterocycles. The Morgan fingerprint density at radius 2 is 1.95 bits per heavy atom. The molecule has 0 unspecified atom stereocenters. The summed E-state index contributed by atoms with van der Waals surface area (Å²) in [6, 6.07) is 7.00. The minimum absolute atomic E-state index is 0.0531. The first kappa shape index (κ1) is 15.9. The molecule has 0 radical (unpaired) electrons. The molecule has 0 spiro atoms. The van der Waals surface area contributed by atoms with Gasteiger partial charge in [0.2, 0.25) is 0 Å². The lowest BCUT2D eigenvalue weighted by molar-refractivity contribution is 0.0503. The van der Waals surface area contributed by atoms with Gasteiger partial charge in [-0.1, -0.05) is 17.7 Å². The number of aromatic nitrogens is 1. The summed E-state index contributed by atoms with van der Waals surface area (Å²) >= 11 is 5.68. The fraction of sp³-hybridized carbons (Fsp3) is 0.133. The third-order valence-corrected chi connectivity index (χ3v) is 3.12. The van der Waals surface area contributed by atoms with Gasteiger partial charge in [0.15, 0.2) is 0 Å². The van der Waals surface area contributed by atoms with Crippen molar-refractivity contribution in [1.29, 1.82) is 0 Å². The fourth-order valence-corrected chi connectivity index (χ4v) is 1.86. The van der Waals surface area contributed by atoms with Gasteiger partial charge in [0, 0.05) is 18.0 Å². The highest BCUT2D eigenvalue weighted by molar-refractivity contribution is 6.33. The van der Waals surface area contributed by atoms with Crippen LogP contribution in [0.1, 0.15) is 20.7 Å². The maximum Gasteiger partial charge on any atom is 0.339 e. The Bertz CT molecular complexity index is 680. The number of hydrogen-bond acceptors (Lipinski definition) is 4. The first-order chi connectivity index (χ1) is 10.6. The fourth-order valence-electron chi connectivity index (χ4n) is 1.65. The molecule has 0 aliphatic rings. The second kappa shape index (κ2) is 7.51. The second-order valence-electron chi connectivity index (χ2n) is 4.23. The van der Waals surface area contributed by atoms with E-state index in [2.05, 4.69) is 10.3 Å². The second-order valence-corrected chi connectivity index (χ2v) is 4.61. The third kappa shape index (κ3) is 4.02. The predicted molar refractivity (Wildman–Crippen MR) is 78.3 cm³/mol. The molecule has 0 fully saturated rings. The molecule has 0 saturated carbocycles. The van der Waals surface area contributed by atoms with Crippen LogP contribution in [-0.2, 0) is 4.74 Å². The van der Waals surface area contributed by atoms with Crippen molar-refractivity contribution in [3.63, 3.8) is 0 Å². The van der Waals surface area contributed by atoms with Crippen LogP contribution in [0.2, 0.25) is 5.02 Å². The molecule has 7 heteroatoms. The molecule has 0 aliphatic heterocycles. The standard InChI is InChI=1S/C15H12ClFN2O3/c16-13-11(2-1-3-12(13)17)15(21)22-9-8-19-14(20)10-4-6-18-7-5-10/h1-7H,8-9H2,(H,19,20). The van der Waals surface area contributed by atoms with E-state index in [4.69, 9.17) is 16.3 Å². The Labute approximate surface area is 131 Å². The average molecular weight is 323 g/mol.